The molecular formula is C14H25N3OS2. The van der Waals surface area contributed by atoms with Gasteiger partial charge in [-0.25, -0.2) is 0 Å². The van der Waals surface area contributed by atoms with E-state index in [2.05, 4.69) is 43.2 Å². The first kappa shape index (κ1) is 16.2. The van der Waals surface area contributed by atoms with Crippen LogP contribution in [0.5, 0.6) is 0 Å². The second-order valence-corrected chi connectivity index (χ2v) is 9.06. The fourth-order valence-corrected chi connectivity index (χ4v) is 5.08. The maximum atomic E-state index is 5.47. The van der Waals surface area contributed by atoms with Crippen molar-refractivity contribution < 1.29 is 4.52 Å². The molecule has 1 saturated heterocycles. The van der Waals surface area contributed by atoms with E-state index in [1.165, 1.54) is 11.5 Å². The van der Waals surface area contributed by atoms with Crippen molar-refractivity contribution in [2.24, 2.45) is 5.41 Å². The van der Waals surface area contributed by atoms with E-state index < -0.39 is 0 Å². The minimum Gasteiger partial charge on any atom is -0.339 e. The SMILES string of the molecule is CNC(Cc1nc(C2SCCSC2C)no1)C(C)(C)C. The highest BCUT2D eigenvalue weighted by molar-refractivity contribution is 8.06. The molecule has 1 N–H and O–H groups in total. The number of hydrogen-bond acceptors (Lipinski definition) is 6. The van der Waals surface area contributed by atoms with Gasteiger partial charge < -0.3 is 9.84 Å². The monoisotopic (exact) mass is 315 g/mol. The van der Waals surface area contributed by atoms with Gasteiger partial charge in [-0.1, -0.05) is 32.9 Å². The lowest BCUT2D eigenvalue weighted by Crippen LogP contribution is -2.39. The minimum atomic E-state index is 0.173. The van der Waals surface area contributed by atoms with Crippen LogP contribution in [0.3, 0.4) is 0 Å². The topological polar surface area (TPSA) is 51.0 Å². The van der Waals surface area contributed by atoms with E-state index in [0.29, 0.717) is 16.5 Å². The summed E-state index contributed by atoms with van der Waals surface area (Å²) in [5.74, 6) is 4.01. The van der Waals surface area contributed by atoms with Crippen LogP contribution in [-0.2, 0) is 6.42 Å². The van der Waals surface area contributed by atoms with E-state index in [9.17, 15) is 0 Å². The Hall–Kier alpha value is -0.200. The lowest BCUT2D eigenvalue weighted by atomic mass is 9.85. The molecule has 0 radical (unpaired) electrons. The van der Waals surface area contributed by atoms with E-state index >= 15 is 0 Å². The van der Waals surface area contributed by atoms with Crippen molar-refractivity contribution in [1.29, 1.82) is 0 Å². The highest BCUT2D eigenvalue weighted by Gasteiger charge is 2.30. The molecule has 20 heavy (non-hydrogen) atoms. The third kappa shape index (κ3) is 3.92. The van der Waals surface area contributed by atoms with Crippen molar-refractivity contribution in [1.82, 2.24) is 15.5 Å². The highest BCUT2D eigenvalue weighted by atomic mass is 32.2. The predicted octanol–water partition coefficient (Wildman–Crippen LogP) is 3.16. The quantitative estimate of drug-likeness (QED) is 0.921. The van der Waals surface area contributed by atoms with E-state index in [1.54, 1.807) is 0 Å². The second-order valence-electron chi connectivity index (χ2n) is 6.33. The van der Waals surface area contributed by atoms with Crippen LogP contribution in [0.15, 0.2) is 4.52 Å². The van der Waals surface area contributed by atoms with Crippen molar-refractivity contribution in [2.75, 3.05) is 18.6 Å². The molecule has 6 heteroatoms. The Morgan fingerprint density at radius 1 is 1.35 bits per heavy atom. The number of likely N-dealkylation sites (N-methyl/N-ethyl adjacent to an activating group) is 1. The fraction of sp³-hybridized carbons (Fsp3) is 0.857. The van der Waals surface area contributed by atoms with Gasteiger partial charge in [0.15, 0.2) is 5.82 Å². The first-order valence-corrected chi connectivity index (χ1v) is 9.24. The predicted molar refractivity (Wildman–Crippen MR) is 87.4 cm³/mol. The van der Waals surface area contributed by atoms with Crippen LogP contribution in [0, 0.1) is 5.41 Å². The molecule has 3 unspecified atom stereocenters. The summed E-state index contributed by atoms with van der Waals surface area (Å²) in [7, 11) is 1.99. The van der Waals surface area contributed by atoms with Gasteiger partial charge in [-0.05, 0) is 12.5 Å². The van der Waals surface area contributed by atoms with Crippen LogP contribution in [0.25, 0.3) is 0 Å². The van der Waals surface area contributed by atoms with Crippen molar-refractivity contribution in [3.05, 3.63) is 11.7 Å². The lowest BCUT2D eigenvalue weighted by molar-refractivity contribution is 0.255. The van der Waals surface area contributed by atoms with Gasteiger partial charge in [0.05, 0.1) is 5.25 Å². The summed E-state index contributed by atoms with van der Waals surface area (Å²) in [6.45, 7) is 8.92. The zero-order valence-corrected chi connectivity index (χ0v) is 14.6. The Kier molecular flexibility index (Phi) is 5.42. The van der Waals surface area contributed by atoms with Gasteiger partial charge in [0.1, 0.15) is 0 Å². The molecule has 0 bridgehead atoms. The fourth-order valence-electron chi connectivity index (χ4n) is 2.40. The lowest BCUT2D eigenvalue weighted by Gasteiger charge is -2.29. The molecule has 1 fully saturated rings. The molecule has 3 atom stereocenters. The smallest absolute Gasteiger partial charge is 0.228 e. The molecule has 1 aromatic rings. The summed E-state index contributed by atoms with van der Waals surface area (Å²) in [5, 5.41) is 8.49. The van der Waals surface area contributed by atoms with Crippen LogP contribution in [0.4, 0.5) is 0 Å². The third-order valence-electron chi connectivity index (χ3n) is 3.70. The number of aromatic nitrogens is 2. The Morgan fingerprint density at radius 3 is 2.65 bits per heavy atom. The molecule has 0 aromatic carbocycles. The zero-order chi connectivity index (χ0) is 14.8. The molecule has 2 heterocycles. The number of hydrogen-bond donors (Lipinski definition) is 1. The van der Waals surface area contributed by atoms with Gasteiger partial charge in [0.25, 0.3) is 0 Å². The highest BCUT2D eigenvalue weighted by Crippen LogP contribution is 2.41. The normalized spacial score (nSPS) is 25.6. The average Bonchev–Trinajstić information content (AvgIpc) is 2.83. The maximum Gasteiger partial charge on any atom is 0.228 e. The van der Waals surface area contributed by atoms with Crippen molar-refractivity contribution >= 4 is 23.5 Å². The van der Waals surface area contributed by atoms with E-state index in [4.69, 9.17) is 4.52 Å². The Balaban J connectivity index is 2.05. The first-order valence-electron chi connectivity index (χ1n) is 7.14. The molecule has 0 aliphatic carbocycles. The molecule has 1 aliphatic heterocycles. The molecule has 0 amide bonds. The van der Waals surface area contributed by atoms with Gasteiger partial charge in [-0.3, -0.25) is 0 Å². The number of rotatable bonds is 4. The number of nitrogens with zero attached hydrogens (tertiary/aromatic N) is 2. The molecule has 0 spiro atoms. The minimum absolute atomic E-state index is 0.173. The van der Waals surface area contributed by atoms with E-state index in [1.807, 2.05) is 30.6 Å². The molecule has 1 aliphatic rings. The van der Waals surface area contributed by atoms with E-state index in [-0.39, 0.29) is 5.41 Å². The van der Waals surface area contributed by atoms with Crippen molar-refractivity contribution in [3.63, 3.8) is 0 Å². The van der Waals surface area contributed by atoms with Gasteiger partial charge in [-0.2, -0.15) is 16.7 Å². The van der Waals surface area contributed by atoms with Crippen molar-refractivity contribution in [2.45, 2.75) is 50.7 Å². The molecule has 1 aromatic heterocycles. The third-order valence-corrected chi connectivity index (χ3v) is 6.79. The number of thioether (sulfide) groups is 2. The summed E-state index contributed by atoms with van der Waals surface area (Å²) >= 11 is 3.94. The average molecular weight is 316 g/mol. The largest absolute Gasteiger partial charge is 0.339 e. The Morgan fingerprint density at radius 2 is 2.05 bits per heavy atom. The van der Waals surface area contributed by atoms with Crippen LogP contribution in [-0.4, -0.2) is 40.0 Å². The summed E-state index contributed by atoms with van der Waals surface area (Å²) in [6.07, 6.45) is 0.784. The van der Waals surface area contributed by atoms with Crippen molar-refractivity contribution in [3.8, 4) is 0 Å². The molecule has 2 rings (SSSR count). The molecule has 114 valence electrons. The van der Waals surface area contributed by atoms with Gasteiger partial charge in [0, 0.05) is 29.2 Å². The second kappa shape index (κ2) is 6.71. The molecular weight excluding hydrogens is 290 g/mol. The van der Waals surface area contributed by atoms with Crippen LogP contribution >= 0.6 is 23.5 Å². The summed E-state index contributed by atoms with van der Waals surface area (Å²) in [5.41, 5.74) is 0.173. The van der Waals surface area contributed by atoms with Crippen LogP contribution in [0.2, 0.25) is 0 Å². The first-order chi connectivity index (χ1) is 9.41. The Labute approximate surface area is 130 Å². The van der Waals surface area contributed by atoms with Gasteiger partial charge in [0.2, 0.25) is 5.89 Å². The maximum absolute atomic E-state index is 5.47. The van der Waals surface area contributed by atoms with E-state index in [0.717, 1.165) is 18.1 Å². The molecule has 0 saturated carbocycles. The summed E-state index contributed by atoms with van der Waals surface area (Å²) < 4.78 is 5.47. The Bertz CT molecular complexity index is 430. The standard InChI is InChI=1S/C14H25N3OS2/c1-9-12(20-7-6-19-9)13-16-11(18-17-13)8-10(15-5)14(2,3)4/h9-10,12,15H,6-8H2,1-5H3. The summed E-state index contributed by atoms with van der Waals surface area (Å²) in [6, 6.07) is 0.335. The molecule has 4 nitrogen and oxygen atoms in total. The zero-order valence-electron chi connectivity index (χ0n) is 13.0. The number of nitrogens with one attached hydrogen (secondary N) is 1. The summed E-state index contributed by atoms with van der Waals surface area (Å²) in [4.78, 5) is 4.63. The van der Waals surface area contributed by atoms with Crippen LogP contribution in [0.1, 0.15) is 44.7 Å². The van der Waals surface area contributed by atoms with Gasteiger partial charge >= 0.3 is 0 Å². The van der Waals surface area contributed by atoms with Crippen LogP contribution < -0.4 is 5.32 Å². The van der Waals surface area contributed by atoms with Gasteiger partial charge in [-0.15, -0.1) is 11.8 Å².